The molecule has 0 radical (unpaired) electrons. The molecule has 1 unspecified atom stereocenters. The lowest BCUT2D eigenvalue weighted by Crippen LogP contribution is -2.22. The number of carboxylic acids is 1. The summed E-state index contributed by atoms with van der Waals surface area (Å²) in [7, 11) is 1.36. The highest BCUT2D eigenvalue weighted by molar-refractivity contribution is 6.30. The molecule has 6 rings (SSSR count). The van der Waals surface area contributed by atoms with Gasteiger partial charge < -0.3 is 14.4 Å². The van der Waals surface area contributed by atoms with Gasteiger partial charge in [-0.25, -0.2) is 19.6 Å². The number of hydrogen-bond donors (Lipinski definition) is 2. The van der Waals surface area contributed by atoms with Crippen LogP contribution in [0.25, 0.3) is 22.4 Å². The summed E-state index contributed by atoms with van der Waals surface area (Å²) in [5.41, 5.74) is 5.81. The molecule has 1 atom stereocenters. The van der Waals surface area contributed by atoms with Gasteiger partial charge in [0.15, 0.2) is 0 Å². The lowest BCUT2D eigenvalue weighted by Gasteiger charge is -2.26. The summed E-state index contributed by atoms with van der Waals surface area (Å²) in [6.45, 7) is 0. The van der Waals surface area contributed by atoms with Gasteiger partial charge in [0.05, 0.1) is 29.3 Å². The van der Waals surface area contributed by atoms with Crippen molar-refractivity contribution in [1.29, 1.82) is 0 Å². The number of nitrogens with zero attached hydrogens (tertiary/aromatic N) is 2. The molecule has 0 aliphatic heterocycles. The van der Waals surface area contributed by atoms with E-state index in [1.807, 2.05) is 18.2 Å². The Bertz CT molecular complexity index is 1870. The molecule has 238 valence electrons. The maximum Gasteiger partial charge on any atom is 0.335 e. The van der Waals surface area contributed by atoms with E-state index < -0.39 is 23.8 Å². The second-order valence-corrected chi connectivity index (χ2v) is 11.5. The minimum Gasteiger partial charge on any atom is -0.481 e. The summed E-state index contributed by atoms with van der Waals surface area (Å²) in [5.74, 6) is -1.26. The molecule has 5 aromatic rings. The summed E-state index contributed by atoms with van der Waals surface area (Å²) in [5, 5.41) is 10.1. The van der Waals surface area contributed by atoms with E-state index in [-0.39, 0.29) is 29.8 Å². The number of benzene rings is 4. The van der Waals surface area contributed by atoms with Crippen molar-refractivity contribution in [3.63, 3.8) is 0 Å². The molecule has 1 amide bonds. The fraction of sp³-hybridized carbons (Fsp3) is 0.229. The molecule has 1 fully saturated rings. The van der Waals surface area contributed by atoms with Crippen LogP contribution in [0.3, 0.4) is 0 Å². The number of aromatic nitrogens is 2. The maximum absolute atomic E-state index is 16.1. The third-order valence-corrected chi connectivity index (χ3v) is 8.38. The topological polar surface area (TPSA) is 103 Å². The van der Waals surface area contributed by atoms with E-state index in [4.69, 9.17) is 26.2 Å². The van der Waals surface area contributed by atoms with Gasteiger partial charge in [-0.15, -0.1) is 12.4 Å². The van der Waals surface area contributed by atoms with E-state index in [1.165, 1.54) is 19.2 Å². The van der Waals surface area contributed by atoms with Crippen LogP contribution in [0.15, 0.2) is 84.9 Å². The van der Waals surface area contributed by atoms with Crippen LogP contribution in [-0.4, -0.2) is 33.6 Å². The first-order valence-corrected chi connectivity index (χ1v) is 15.1. The number of rotatable bonds is 9. The van der Waals surface area contributed by atoms with Gasteiger partial charge in [0.2, 0.25) is 0 Å². The largest absolute Gasteiger partial charge is 0.481 e. The summed E-state index contributed by atoms with van der Waals surface area (Å²) in [6.07, 6.45) is 4.46. The highest BCUT2D eigenvalue weighted by Crippen LogP contribution is 2.38. The van der Waals surface area contributed by atoms with Crippen molar-refractivity contribution in [3.8, 4) is 17.1 Å². The van der Waals surface area contributed by atoms with Crippen molar-refractivity contribution in [1.82, 2.24) is 15.0 Å². The number of hydroxylamine groups is 1. The Hall–Kier alpha value is -4.44. The molecule has 2 N–H and O–H groups in total. The highest BCUT2D eigenvalue weighted by Gasteiger charge is 2.25. The average molecular weight is 665 g/mol. The molecule has 0 spiro atoms. The molecular formula is C35H32Cl2FN3O5. The van der Waals surface area contributed by atoms with Gasteiger partial charge >= 0.3 is 5.97 Å². The van der Waals surface area contributed by atoms with Crippen LogP contribution in [0.4, 0.5) is 4.39 Å². The van der Waals surface area contributed by atoms with Crippen LogP contribution in [0.1, 0.15) is 76.1 Å². The lowest BCUT2D eigenvalue weighted by molar-refractivity contribution is 0.0537. The van der Waals surface area contributed by atoms with Gasteiger partial charge in [0.1, 0.15) is 23.5 Å². The van der Waals surface area contributed by atoms with E-state index >= 15 is 4.39 Å². The van der Waals surface area contributed by atoms with Gasteiger partial charge in [-0.05, 0) is 78.6 Å². The minimum absolute atomic E-state index is 0. The Morgan fingerprint density at radius 3 is 2.41 bits per heavy atom. The zero-order valence-electron chi connectivity index (χ0n) is 24.9. The number of amides is 1. The minimum atomic E-state index is -1.04. The lowest BCUT2D eigenvalue weighted by atomic mass is 9.94. The second kappa shape index (κ2) is 14.3. The Labute approximate surface area is 276 Å². The van der Waals surface area contributed by atoms with Gasteiger partial charge in [-0.2, -0.15) is 0 Å². The number of aromatic carboxylic acids is 1. The number of ether oxygens (including phenoxy) is 1. The van der Waals surface area contributed by atoms with Crippen molar-refractivity contribution in [2.24, 2.45) is 0 Å². The molecule has 1 aliphatic rings. The Kier molecular flexibility index (Phi) is 10.3. The first kappa shape index (κ1) is 32.9. The van der Waals surface area contributed by atoms with E-state index in [1.54, 1.807) is 54.6 Å². The summed E-state index contributed by atoms with van der Waals surface area (Å²) < 4.78 is 24.5. The van der Waals surface area contributed by atoms with Gasteiger partial charge in [0.25, 0.3) is 5.91 Å². The number of hydrogen-bond acceptors (Lipinski definition) is 5. The molecular weight excluding hydrogens is 632 g/mol. The number of carbonyl (C=O) groups is 2. The van der Waals surface area contributed by atoms with Crippen molar-refractivity contribution < 1.29 is 28.7 Å². The third-order valence-electron chi connectivity index (χ3n) is 8.13. The van der Waals surface area contributed by atoms with Crippen LogP contribution in [0, 0.1) is 5.82 Å². The monoisotopic (exact) mass is 663 g/mol. The van der Waals surface area contributed by atoms with Gasteiger partial charge in [0, 0.05) is 22.7 Å². The van der Waals surface area contributed by atoms with Crippen molar-refractivity contribution >= 4 is 46.9 Å². The normalized spacial score (nSPS) is 14.0. The van der Waals surface area contributed by atoms with E-state index in [0.717, 1.165) is 43.2 Å². The number of carbonyl (C=O) groups excluding carboxylic acids is 1. The zero-order chi connectivity index (χ0) is 31.5. The standard InChI is InChI=1S/C35H31ClFN3O5.ClH/c1-44-39-34(41)23-7-5-6-22(18-23)32(21-10-13-25(36)14-11-21)45-27-15-16-28(29(37)20-27)33-38-30-19-24(35(42)43)12-17-31(30)40(33)26-8-3-2-4-9-26;/h5-7,10-20,26,32H,2-4,8-9H2,1H3,(H,39,41)(H,42,43);1H. The van der Waals surface area contributed by atoms with E-state index in [9.17, 15) is 14.7 Å². The zero-order valence-corrected chi connectivity index (χ0v) is 26.5. The molecule has 1 aliphatic carbocycles. The first-order valence-electron chi connectivity index (χ1n) is 14.7. The summed E-state index contributed by atoms with van der Waals surface area (Å²) >= 11 is 6.15. The predicted octanol–water partition coefficient (Wildman–Crippen LogP) is 8.58. The summed E-state index contributed by atoms with van der Waals surface area (Å²) in [4.78, 5) is 33.6. The molecule has 4 aromatic carbocycles. The molecule has 1 saturated carbocycles. The predicted molar refractivity (Wildman–Crippen MR) is 176 cm³/mol. The summed E-state index contributed by atoms with van der Waals surface area (Å²) in [6, 6.07) is 23.7. The maximum atomic E-state index is 16.1. The Morgan fingerprint density at radius 2 is 1.72 bits per heavy atom. The Balaban J connectivity index is 0.00000417. The smallest absolute Gasteiger partial charge is 0.335 e. The number of nitrogens with one attached hydrogen (secondary N) is 1. The van der Waals surface area contributed by atoms with Crippen LogP contribution in [0.5, 0.6) is 5.75 Å². The number of fused-ring (bicyclic) bond motifs is 1. The van der Waals surface area contributed by atoms with Crippen molar-refractivity contribution in [3.05, 3.63) is 118 Å². The fourth-order valence-corrected chi connectivity index (χ4v) is 6.10. The van der Waals surface area contributed by atoms with E-state index in [2.05, 4.69) is 10.0 Å². The van der Waals surface area contributed by atoms with Gasteiger partial charge in [-0.1, -0.05) is 55.1 Å². The number of carboxylic acid groups (broad SMARTS) is 1. The number of imidazole rings is 1. The van der Waals surface area contributed by atoms with Crippen molar-refractivity contribution in [2.75, 3.05) is 7.11 Å². The van der Waals surface area contributed by atoms with Crippen LogP contribution in [-0.2, 0) is 4.84 Å². The molecule has 1 heterocycles. The van der Waals surface area contributed by atoms with Gasteiger partial charge in [-0.3, -0.25) is 9.63 Å². The third kappa shape index (κ3) is 6.87. The fourth-order valence-electron chi connectivity index (χ4n) is 5.98. The van der Waals surface area contributed by atoms with Crippen LogP contribution >= 0.6 is 24.0 Å². The molecule has 0 saturated heterocycles. The molecule has 8 nitrogen and oxygen atoms in total. The average Bonchev–Trinajstić information content (AvgIpc) is 3.43. The van der Waals surface area contributed by atoms with Crippen LogP contribution < -0.4 is 10.2 Å². The molecule has 11 heteroatoms. The SMILES string of the molecule is CONC(=O)c1cccc(C(Oc2ccc(-c3nc4cc(C(=O)O)ccc4n3C3CCCCC3)c(F)c2)c2ccc(Cl)cc2)c1.Cl. The van der Waals surface area contributed by atoms with Crippen molar-refractivity contribution in [2.45, 2.75) is 44.2 Å². The molecule has 46 heavy (non-hydrogen) atoms. The Morgan fingerprint density at radius 1 is 0.957 bits per heavy atom. The number of halogens is 3. The second-order valence-electron chi connectivity index (χ2n) is 11.1. The first-order chi connectivity index (χ1) is 21.8. The van der Waals surface area contributed by atoms with Crippen LogP contribution in [0.2, 0.25) is 5.02 Å². The van der Waals surface area contributed by atoms with E-state index in [0.29, 0.717) is 33.1 Å². The molecule has 1 aromatic heterocycles. The quantitative estimate of drug-likeness (QED) is 0.153. The molecule has 0 bridgehead atoms. The highest BCUT2D eigenvalue weighted by atomic mass is 35.5.